The van der Waals surface area contributed by atoms with Gasteiger partial charge in [0.05, 0.1) is 12.2 Å². The Bertz CT molecular complexity index is 1280. The first kappa shape index (κ1) is 33.1. The summed E-state index contributed by atoms with van der Waals surface area (Å²) in [5, 5.41) is 6.10. The van der Waals surface area contributed by atoms with Crippen LogP contribution in [0.4, 0.5) is 0 Å². The lowest BCUT2D eigenvalue weighted by Gasteiger charge is -2.37. The van der Waals surface area contributed by atoms with Crippen LogP contribution in [-0.4, -0.2) is 87.3 Å². The summed E-state index contributed by atoms with van der Waals surface area (Å²) in [4.78, 5) is 56.7. The second-order valence-corrected chi connectivity index (χ2v) is 12.1. The zero-order valence-corrected chi connectivity index (χ0v) is 26.5. The molecule has 44 heavy (non-hydrogen) atoms. The summed E-state index contributed by atoms with van der Waals surface area (Å²) in [6.45, 7) is 5.18. The molecule has 1 aromatic carbocycles. The number of nitrogens with zero attached hydrogens (tertiary/aromatic N) is 4. The third-order valence-corrected chi connectivity index (χ3v) is 8.90. The number of aryl methyl sites for hydroxylation is 2. The summed E-state index contributed by atoms with van der Waals surface area (Å²) in [6, 6.07) is 10.9. The molecule has 2 aliphatic rings. The molecule has 10 nitrogen and oxygen atoms in total. The highest BCUT2D eigenvalue weighted by molar-refractivity contribution is 5.92. The summed E-state index contributed by atoms with van der Waals surface area (Å²) in [7, 11) is 1.75. The van der Waals surface area contributed by atoms with E-state index in [2.05, 4.69) is 37.7 Å². The fourth-order valence-electron chi connectivity index (χ4n) is 6.30. The summed E-state index contributed by atoms with van der Waals surface area (Å²) in [5.74, 6) is 0.360. The predicted molar refractivity (Wildman–Crippen MR) is 171 cm³/mol. The number of carbonyl (C=O) groups is 3. The minimum Gasteiger partial charge on any atom is -0.343 e. The van der Waals surface area contributed by atoms with E-state index < -0.39 is 6.04 Å². The van der Waals surface area contributed by atoms with Crippen LogP contribution in [0.1, 0.15) is 80.2 Å². The fraction of sp³-hybridized carbons (Fsp3) is 0.559. The van der Waals surface area contributed by atoms with Crippen molar-refractivity contribution in [1.82, 2.24) is 35.4 Å². The van der Waals surface area contributed by atoms with E-state index in [-0.39, 0.29) is 35.7 Å². The van der Waals surface area contributed by atoms with Crippen molar-refractivity contribution in [3.8, 4) is 0 Å². The Labute approximate surface area is 261 Å². The molecule has 3 amide bonds. The molecule has 0 spiro atoms. The molecule has 2 heterocycles. The van der Waals surface area contributed by atoms with Crippen molar-refractivity contribution in [2.45, 2.75) is 89.8 Å². The van der Waals surface area contributed by atoms with Crippen molar-refractivity contribution in [3.05, 3.63) is 72.1 Å². The van der Waals surface area contributed by atoms with Gasteiger partial charge < -0.3 is 25.4 Å². The minimum absolute atomic E-state index is 0.0221. The number of H-pyrrole nitrogens is 1. The van der Waals surface area contributed by atoms with E-state index in [1.807, 2.05) is 41.8 Å². The normalized spacial score (nSPS) is 18.2. The van der Waals surface area contributed by atoms with E-state index in [1.54, 1.807) is 25.5 Å². The molecule has 10 heteroatoms. The molecule has 0 unspecified atom stereocenters. The molecule has 1 aliphatic heterocycles. The Morgan fingerprint density at radius 3 is 2.57 bits per heavy atom. The van der Waals surface area contributed by atoms with Gasteiger partial charge in [-0.15, -0.1) is 0 Å². The van der Waals surface area contributed by atoms with Crippen molar-refractivity contribution in [2.24, 2.45) is 5.92 Å². The fourth-order valence-corrected chi connectivity index (χ4v) is 6.30. The Hall–Kier alpha value is -3.79. The van der Waals surface area contributed by atoms with Gasteiger partial charge in [-0.1, -0.05) is 49.6 Å². The Kier molecular flexibility index (Phi) is 12.7. The minimum atomic E-state index is -0.555. The Morgan fingerprint density at radius 1 is 1.05 bits per heavy atom. The largest absolute Gasteiger partial charge is 0.343 e. The lowest BCUT2D eigenvalue weighted by Crippen LogP contribution is -2.57. The molecule has 3 atom stereocenters. The maximum Gasteiger partial charge on any atom is 0.271 e. The molecule has 238 valence electrons. The van der Waals surface area contributed by atoms with Gasteiger partial charge in [0, 0.05) is 38.1 Å². The number of aromatic nitrogens is 3. The first-order valence-corrected chi connectivity index (χ1v) is 16.2. The molecule has 3 N–H and O–H groups in total. The highest BCUT2D eigenvalue weighted by atomic mass is 16.2. The third kappa shape index (κ3) is 9.35. The van der Waals surface area contributed by atoms with Crippen LogP contribution in [0, 0.1) is 12.8 Å². The van der Waals surface area contributed by atoms with Gasteiger partial charge in [-0.2, -0.15) is 0 Å². The van der Waals surface area contributed by atoms with Crippen LogP contribution in [-0.2, 0) is 16.0 Å². The van der Waals surface area contributed by atoms with Crippen molar-refractivity contribution < 1.29 is 14.4 Å². The average molecular weight is 604 g/mol. The number of carbonyl (C=O) groups excluding carboxylic acids is 3. The molecular weight excluding hydrogens is 554 g/mol. The molecule has 0 radical (unpaired) electrons. The van der Waals surface area contributed by atoms with Gasteiger partial charge in [0.15, 0.2) is 0 Å². The lowest BCUT2D eigenvalue weighted by atomic mass is 9.83. The van der Waals surface area contributed by atoms with E-state index in [9.17, 15) is 14.4 Å². The average Bonchev–Trinajstić information content (AvgIpc) is 3.55. The van der Waals surface area contributed by atoms with Gasteiger partial charge in [0.2, 0.25) is 11.8 Å². The molecule has 2 fully saturated rings. The second kappa shape index (κ2) is 16.9. The maximum atomic E-state index is 14.2. The number of likely N-dealkylation sites (N-methyl/N-ethyl adjacent to an activating group) is 1. The number of benzene rings is 1. The topological polar surface area (TPSA) is 123 Å². The van der Waals surface area contributed by atoms with Crippen molar-refractivity contribution >= 4 is 17.7 Å². The van der Waals surface area contributed by atoms with Gasteiger partial charge in [-0.3, -0.25) is 19.4 Å². The number of aromatic amines is 1. The zero-order valence-electron chi connectivity index (χ0n) is 26.5. The van der Waals surface area contributed by atoms with Crippen LogP contribution < -0.4 is 10.6 Å². The van der Waals surface area contributed by atoms with Crippen molar-refractivity contribution in [2.75, 3.05) is 26.7 Å². The molecule has 1 aliphatic carbocycles. The van der Waals surface area contributed by atoms with Crippen LogP contribution in [0.15, 0.2) is 55.0 Å². The maximum absolute atomic E-state index is 14.2. The van der Waals surface area contributed by atoms with Gasteiger partial charge in [0.1, 0.15) is 17.6 Å². The van der Waals surface area contributed by atoms with Gasteiger partial charge in [-0.25, -0.2) is 4.98 Å². The number of amides is 3. The SMILES string of the molecule is CN[C@@H](C)C(=O)N[C@H](C(=O)N1CCC[C@H]1CN(CCCc1ccccc1)C(=O)c1cncccnc(C)[nH]1)C1CCCCC1. The standard InChI is InChI=1S/C34H49N7O3/c1-25(35-3)32(42)39-31(28-16-8-5-9-17-28)34(44)41-22-11-18-29(41)24-40(21-10-15-27-13-6-4-7-14-27)33(43)30-23-36-19-12-20-37-26(2)38-30/h4,6-7,12-14,19-20,23,25,28-29,31,35H,5,8-11,15-18,21-22,24H2,1-3H3,(H,37,38)(H,39,42)/t25-,29-,31-/m0/s1. The van der Waals surface area contributed by atoms with Crippen LogP contribution >= 0.6 is 0 Å². The molecule has 1 saturated heterocycles. The number of nitrogens with one attached hydrogen (secondary N) is 3. The van der Waals surface area contributed by atoms with Crippen LogP contribution in [0.2, 0.25) is 0 Å². The van der Waals surface area contributed by atoms with Crippen molar-refractivity contribution in [1.29, 1.82) is 0 Å². The van der Waals surface area contributed by atoms with E-state index in [0.717, 1.165) is 51.4 Å². The smallest absolute Gasteiger partial charge is 0.271 e. The highest BCUT2D eigenvalue weighted by Gasteiger charge is 2.39. The number of rotatable bonds is 12. The summed E-state index contributed by atoms with van der Waals surface area (Å²) in [6.07, 6.45) is 13.2. The first-order chi connectivity index (χ1) is 21.4. The molecule has 0 bridgehead atoms. The lowest BCUT2D eigenvalue weighted by molar-refractivity contribution is -0.139. The quantitative estimate of drug-likeness (QED) is 0.337. The molecular formula is C34H49N7O3. The number of hydrogen-bond donors (Lipinski definition) is 3. The van der Waals surface area contributed by atoms with E-state index in [0.29, 0.717) is 31.2 Å². The summed E-state index contributed by atoms with van der Waals surface area (Å²) in [5.41, 5.74) is 1.56. The van der Waals surface area contributed by atoms with Crippen LogP contribution in [0.25, 0.3) is 0 Å². The molecule has 1 saturated carbocycles. The summed E-state index contributed by atoms with van der Waals surface area (Å²) < 4.78 is 0. The Morgan fingerprint density at radius 2 is 1.82 bits per heavy atom. The van der Waals surface area contributed by atoms with E-state index in [4.69, 9.17) is 0 Å². The highest BCUT2D eigenvalue weighted by Crippen LogP contribution is 2.29. The Balaban J connectivity index is 1.56. The van der Waals surface area contributed by atoms with E-state index >= 15 is 0 Å². The van der Waals surface area contributed by atoms with Gasteiger partial charge in [0.25, 0.3) is 5.91 Å². The van der Waals surface area contributed by atoms with Gasteiger partial charge >= 0.3 is 0 Å². The summed E-state index contributed by atoms with van der Waals surface area (Å²) >= 11 is 0. The predicted octanol–water partition coefficient (Wildman–Crippen LogP) is 3.98. The number of likely N-dealkylation sites (tertiary alicyclic amines) is 1. The van der Waals surface area contributed by atoms with E-state index in [1.165, 1.54) is 18.2 Å². The van der Waals surface area contributed by atoms with Crippen LogP contribution in [0.5, 0.6) is 0 Å². The van der Waals surface area contributed by atoms with Gasteiger partial charge in [-0.05, 0) is 77.0 Å². The third-order valence-electron chi connectivity index (χ3n) is 8.90. The molecule has 1 aromatic heterocycles. The van der Waals surface area contributed by atoms with Crippen LogP contribution in [0.3, 0.4) is 0 Å². The number of hydrogen-bond acceptors (Lipinski definition) is 6. The molecule has 2 aromatic rings. The monoisotopic (exact) mass is 603 g/mol. The first-order valence-electron chi connectivity index (χ1n) is 16.2. The van der Waals surface area contributed by atoms with Crippen molar-refractivity contribution in [3.63, 3.8) is 0 Å². The zero-order chi connectivity index (χ0) is 31.3. The molecule has 4 rings (SSSR count). The second-order valence-electron chi connectivity index (χ2n) is 12.1.